The van der Waals surface area contributed by atoms with Gasteiger partial charge in [0.05, 0.1) is 0 Å². The summed E-state index contributed by atoms with van der Waals surface area (Å²) >= 11 is 5.93. The number of halogens is 1. The predicted molar refractivity (Wildman–Crippen MR) is 71.5 cm³/mol. The van der Waals surface area contributed by atoms with Crippen LogP contribution >= 0.6 is 11.6 Å². The Balaban J connectivity index is 2.35. The molecule has 0 fully saturated rings. The minimum absolute atomic E-state index is 0.221. The number of hydrogen-bond donors (Lipinski definition) is 1. The van der Waals surface area contributed by atoms with Crippen molar-refractivity contribution in [3.05, 3.63) is 34.9 Å². The summed E-state index contributed by atoms with van der Waals surface area (Å²) < 4.78 is 5.29. The SMILES string of the molecule is CCOCCCC(CO)Cc1cccc(Cl)c1. The van der Waals surface area contributed by atoms with E-state index in [9.17, 15) is 5.11 Å². The van der Waals surface area contributed by atoms with Crippen LogP contribution in [0.4, 0.5) is 0 Å². The Labute approximate surface area is 109 Å². The summed E-state index contributed by atoms with van der Waals surface area (Å²) in [5.74, 6) is 0.300. The number of aliphatic hydroxyl groups excluding tert-OH is 1. The molecule has 0 aromatic heterocycles. The summed E-state index contributed by atoms with van der Waals surface area (Å²) in [5, 5.41) is 10.1. The van der Waals surface area contributed by atoms with E-state index in [0.717, 1.165) is 37.5 Å². The zero-order valence-corrected chi connectivity index (χ0v) is 11.1. The molecule has 2 nitrogen and oxygen atoms in total. The molecule has 1 aromatic carbocycles. The van der Waals surface area contributed by atoms with Crippen LogP contribution in [0, 0.1) is 5.92 Å². The van der Waals surface area contributed by atoms with E-state index in [4.69, 9.17) is 16.3 Å². The molecule has 0 aliphatic rings. The first-order chi connectivity index (χ1) is 8.26. The van der Waals surface area contributed by atoms with Crippen molar-refractivity contribution in [3.63, 3.8) is 0 Å². The first-order valence-corrected chi connectivity index (χ1v) is 6.57. The van der Waals surface area contributed by atoms with Crippen molar-refractivity contribution >= 4 is 11.6 Å². The Morgan fingerprint density at radius 3 is 2.88 bits per heavy atom. The van der Waals surface area contributed by atoms with E-state index in [0.29, 0.717) is 5.92 Å². The van der Waals surface area contributed by atoms with Crippen LogP contribution in [-0.2, 0) is 11.2 Å². The molecule has 0 bridgehead atoms. The lowest BCUT2D eigenvalue weighted by atomic mass is 9.96. The predicted octanol–water partition coefficient (Wildman–Crippen LogP) is 3.31. The first kappa shape index (κ1) is 14.5. The van der Waals surface area contributed by atoms with Gasteiger partial charge in [0.1, 0.15) is 0 Å². The average molecular weight is 257 g/mol. The summed E-state index contributed by atoms with van der Waals surface area (Å²) in [6, 6.07) is 7.84. The Morgan fingerprint density at radius 1 is 1.41 bits per heavy atom. The van der Waals surface area contributed by atoms with Crippen LogP contribution in [0.1, 0.15) is 25.3 Å². The van der Waals surface area contributed by atoms with Gasteiger partial charge in [0.25, 0.3) is 0 Å². The van der Waals surface area contributed by atoms with Crippen molar-refractivity contribution in [2.45, 2.75) is 26.2 Å². The molecule has 0 aliphatic heterocycles. The molecule has 0 amide bonds. The van der Waals surface area contributed by atoms with Crippen LogP contribution in [0.15, 0.2) is 24.3 Å². The third-order valence-electron chi connectivity index (χ3n) is 2.78. The van der Waals surface area contributed by atoms with E-state index in [-0.39, 0.29) is 6.61 Å². The van der Waals surface area contributed by atoms with Crippen LogP contribution in [-0.4, -0.2) is 24.9 Å². The zero-order chi connectivity index (χ0) is 12.5. The highest BCUT2D eigenvalue weighted by molar-refractivity contribution is 6.30. The highest BCUT2D eigenvalue weighted by Gasteiger charge is 2.08. The van der Waals surface area contributed by atoms with E-state index in [1.165, 1.54) is 5.56 Å². The number of aliphatic hydroxyl groups is 1. The molecule has 0 saturated carbocycles. The fourth-order valence-corrected chi connectivity index (χ4v) is 2.09. The van der Waals surface area contributed by atoms with Gasteiger partial charge in [-0.25, -0.2) is 0 Å². The van der Waals surface area contributed by atoms with Gasteiger partial charge in [0.15, 0.2) is 0 Å². The van der Waals surface area contributed by atoms with Gasteiger partial charge in [0.2, 0.25) is 0 Å². The lowest BCUT2D eigenvalue weighted by Gasteiger charge is -2.14. The maximum atomic E-state index is 9.34. The van der Waals surface area contributed by atoms with Crippen molar-refractivity contribution in [2.24, 2.45) is 5.92 Å². The largest absolute Gasteiger partial charge is 0.396 e. The maximum Gasteiger partial charge on any atom is 0.0466 e. The molecule has 0 saturated heterocycles. The fourth-order valence-electron chi connectivity index (χ4n) is 1.87. The molecule has 0 aliphatic carbocycles. The van der Waals surface area contributed by atoms with Crippen LogP contribution < -0.4 is 0 Å². The molecule has 0 spiro atoms. The standard InChI is InChI=1S/C14H21ClO2/c1-2-17-8-4-6-13(11-16)9-12-5-3-7-14(15)10-12/h3,5,7,10,13,16H,2,4,6,8-9,11H2,1H3. The number of ether oxygens (including phenoxy) is 1. The van der Waals surface area contributed by atoms with Crippen LogP contribution in [0.2, 0.25) is 5.02 Å². The Bertz CT molecular complexity index is 315. The second kappa shape index (κ2) is 8.51. The number of benzene rings is 1. The van der Waals surface area contributed by atoms with Gasteiger partial charge in [-0.05, 0) is 49.8 Å². The average Bonchev–Trinajstić information content (AvgIpc) is 2.33. The van der Waals surface area contributed by atoms with Gasteiger partial charge in [-0.3, -0.25) is 0 Å². The van der Waals surface area contributed by atoms with Crippen molar-refractivity contribution in [3.8, 4) is 0 Å². The van der Waals surface area contributed by atoms with Gasteiger partial charge >= 0.3 is 0 Å². The first-order valence-electron chi connectivity index (χ1n) is 6.19. The smallest absolute Gasteiger partial charge is 0.0466 e. The zero-order valence-electron chi connectivity index (χ0n) is 10.4. The lowest BCUT2D eigenvalue weighted by Crippen LogP contribution is -2.11. The second-order valence-corrected chi connectivity index (χ2v) is 4.66. The van der Waals surface area contributed by atoms with Gasteiger partial charge in [0, 0.05) is 24.8 Å². The summed E-state index contributed by atoms with van der Waals surface area (Å²) in [6.45, 7) is 3.76. The minimum atomic E-state index is 0.221. The van der Waals surface area contributed by atoms with Crippen LogP contribution in [0.25, 0.3) is 0 Å². The fraction of sp³-hybridized carbons (Fsp3) is 0.571. The third-order valence-corrected chi connectivity index (χ3v) is 3.01. The maximum absolute atomic E-state index is 9.34. The minimum Gasteiger partial charge on any atom is -0.396 e. The van der Waals surface area contributed by atoms with Gasteiger partial charge < -0.3 is 9.84 Å². The molecule has 1 rings (SSSR count). The summed E-state index contributed by atoms with van der Waals surface area (Å²) in [7, 11) is 0. The van der Waals surface area contributed by atoms with E-state index in [1.54, 1.807) is 0 Å². The molecule has 17 heavy (non-hydrogen) atoms. The van der Waals surface area contributed by atoms with Gasteiger partial charge in [-0.1, -0.05) is 23.7 Å². The van der Waals surface area contributed by atoms with Gasteiger partial charge in [-0.15, -0.1) is 0 Å². The summed E-state index contributed by atoms with van der Waals surface area (Å²) in [5.41, 5.74) is 1.19. The molecular weight excluding hydrogens is 236 g/mol. The van der Waals surface area contributed by atoms with E-state index >= 15 is 0 Å². The van der Waals surface area contributed by atoms with Crippen LogP contribution in [0.3, 0.4) is 0 Å². The number of rotatable bonds is 8. The summed E-state index contributed by atoms with van der Waals surface area (Å²) in [4.78, 5) is 0. The van der Waals surface area contributed by atoms with E-state index in [2.05, 4.69) is 6.07 Å². The monoisotopic (exact) mass is 256 g/mol. The molecule has 1 unspecified atom stereocenters. The van der Waals surface area contributed by atoms with Gasteiger partial charge in [-0.2, -0.15) is 0 Å². The summed E-state index contributed by atoms with van der Waals surface area (Å²) in [6.07, 6.45) is 2.87. The molecule has 3 heteroatoms. The molecule has 1 N–H and O–H groups in total. The second-order valence-electron chi connectivity index (χ2n) is 4.22. The topological polar surface area (TPSA) is 29.5 Å². The van der Waals surface area contributed by atoms with E-state index in [1.807, 2.05) is 25.1 Å². The molecule has 0 heterocycles. The third kappa shape index (κ3) is 6.06. The molecular formula is C14H21ClO2. The quantitative estimate of drug-likeness (QED) is 0.723. The van der Waals surface area contributed by atoms with E-state index < -0.39 is 0 Å². The molecule has 0 radical (unpaired) electrons. The van der Waals surface area contributed by atoms with Crippen molar-refractivity contribution in [2.75, 3.05) is 19.8 Å². The van der Waals surface area contributed by atoms with Crippen molar-refractivity contribution in [1.29, 1.82) is 0 Å². The normalized spacial score (nSPS) is 12.6. The highest BCUT2D eigenvalue weighted by atomic mass is 35.5. The number of hydrogen-bond acceptors (Lipinski definition) is 2. The van der Waals surface area contributed by atoms with Crippen molar-refractivity contribution < 1.29 is 9.84 Å². The van der Waals surface area contributed by atoms with Crippen molar-refractivity contribution in [1.82, 2.24) is 0 Å². The Morgan fingerprint density at radius 2 is 2.24 bits per heavy atom. The Hall–Kier alpha value is -0.570. The van der Waals surface area contributed by atoms with Crippen LogP contribution in [0.5, 0.6) is 0 Å². The lowest BCUT2D eigenvalue weighted by molar-refractivity contribution is 0.132. The molecule has 1 aromatic rings. The highest BCUT2D eigenvalue weighted by Crippen LogP contribution is 2.17. The molecule has 96 valence electrons. The molecule has 1 atom stereocenters. The Kier molecular flexibility index (Phi) is 7.25.